The molecule has 3 nitrogen and oxygen atoms in total. The summed E-state index contributed by atoms with van der Waals surface area (Å²) in [5.74, 6) is 0.0369. The molecule has 0 amide bonds. The zero-order chi connectivity index (χ0) is 9.97. The maximum absolute atomic E-state index is 11.6. The highest BCUT2D eigenvalue weighted by molar-refractivity contribution is 6.07. The topological polar surface area (TPSA) is 47.0 Å². The quantitative estimate of drug-likeness (QED) is 0.681. The van der Waals surface area contributed by atoms with Crippen LogP contribution in [0.15, 0.2) is 18.3 Å². The van der Waals surface area contributed by atoms with E-state index in [-0.39, 0.29) is 24.0 Å². The largest absolute Gasteiger partial charge is 0.294 e. The van der Waals surface area contributed by atoms with Crippen molar-refractivity contribution < 1.29 is 9.59 Å². The lowest BCUT2D eigenvalue weighted by Crippen LogP contribution is -2.14. The highest BCUT2D eigenvalue weighted by Crippen LogP contribution is 2.17. The number of hydrogen-bond acceptors (Lipinski definition) is 3. The van der Waals surface area contributed by atoms with Crippen LogP contribution in [0.2, 0.25) is 0 Å². The number of rotatable bonds is 0. The number of aromatic nitrogens is 1. The van der Waals surface area contributed by atoms with Crippen LogP contribution in [0.5, 0.6) is 0 Å². The molecule has 0 aromatic carbocycles. The van der Waals surface area contributed by atoms with Crippen LogP contribution in [-0.2, 0) is 0 Å². The van der Waals surface area contributed by atoms with E-state index in [0.29, 0.717) is 24.1 Å². The SMILES string of the molecule is Cl.O=C1CCCCC(=O)c2ncccc21. The fourth-order valence-electron chi connectivity index (χ4n) is 1.68. The second-order valence-corrected chi connectivity index (χ2v) is 3.45. The number of nitrogens with zero attached hydrogens (tertiary/aromatic N) is 1. The second-order valence-electron chi connectivity index (χ2n) is 3.45. The minimum Gasteiger partial charge on any atom is -0.294 e. The number of pyridine rings is 1. The first kappa shape index (κ1) is 11.9. The zero-order valence-corrected chi connectivity index (χ0v) is 9.05. The molecule has 80 valence electrons. The van der Waals surface area contributed by atoms with Crippen molar-refractivity contribution in [1.29, 1.82) is 0 Å². The lowest BCUT2D eigenvalue weighted by atomic mass is 9.95. The van der Waals surface area contributed by atoms with Crippen LogP contribution in [-0.4, -0.2) is 16.6 Å². The molecule has 1 aliphatic rings. The van der Waals surface area contributed by atoms with Crippen molar-refractivity contribution >= 4 is 24.0 Å². The maximum Gasteiger partial charge on any atom is 0.181 e. The summed E-state index contributed by atoms with van der Waals surface area (Å²) in [6.45, 7) is 0. The van der Waals surface area contributed by atoms with Gasteiger partial charge in [-0.2, -0.15) is 0 Å². The Kier molecular flexibility index (Phi) is 3.97. The molecular weight excluding hydrogens is 214 g/mol. The summed E-state index contributed by atoms with van der Waals surface area (Å²) in [6.07, 6.45) is 4.20. The van der Waals surface area contributed by atoms with Crippen molar-refractivity contribution in [3.63, 3.8) is 0 Å². The van der Waals surface area contributed by atoms with E-state index >= 15 is 0 Å². The van der Waals surface area contributed by atoms with E-state index < -0.39 is 0 Å². The molecule has 0 bridgehead atoms. The van der Waals surface area contributed by atoms with Gasteiger partial charge in [-0.3, -0.25) is 14.6 Å². The van der Waals surface area contributed by atoms with E-state index in [4.69, 9.17) is 0 Å². The molecule has 15 heavy (non-hydrogen) atoms. The van der Waals surface area contributed by atoms with Crippen LogP contribution >= 0.6 is 12.4 Å². The first-order valence-electron chi connectivity index (χ1n) is 4.80. The Balaban J connectivity index is 0.00000112. The highest BCUT2D eigenvalue weighted by Gasteiger charge is 2.19. The highest BCUT2D eigenvalue weighted by atomic mass is 35.5. The summed E-state index contributed by atoms with van der Waals surface area (Å²) in [5, 5.41) is 0. The van der Waals surface area contributed by atoms with Crippen molar-refractivity contribution in [2.45, 2.75) is 25.7 Å². The van der Waals surface area contributed by atoms with Gasteiger partial charge in [0.25, 0.3) is 0 Å². The van der Waals surface area contributed by atoms with Crippen LogP contribution in [0.3, 0.4) is 0 Å². The fourth-order valence-corrected chi connectivity index (χ4v) is 1.68. The molecule has 0 N–H and O–H groups in total. The molecule has 0 spiro atoms. The van der Waals surface area contributed by atoms with Crippen LogP contribution in [0.4, 0.5) is 0 Å². The van der Waals surface area contributed by atoms with Crippen LogP contribution < -0.4 is 0 Å². The summed E-state index contributed by atoms with van der Waals surface area (Å²) in [7, 11) is 0. The van der Waals surface area contributed by atoms with Crippen molar-refractivity contribution in [3.05, 3.63) is 29.6 Å². The molecule has 1 aliphatic carbocycles. The van der Waals surface area contributed by atoms with E-state index in [2.05, 4.69) is 4.98 Å². The van der Waals surface area contributed by atoms with Gasteiger partial charge in [-0.15, -0.1) is 12.4 Å². The third-order valence-corrected chi connectivity index (χ3v) is 2.43. The normalized spacial score (nSPS) is 16.0. The van der Waals surface area contributed by atoms with Gasteiger partial charge >= 0.3 is 0 Å². The maximum atomic E-state index is 11.6. The minimum absolute atomic E-state index is 0. The molecule has 0 saturated heterocycles. The van der Waals surface area contributed by atoms with E-state index in [1.165, 1.54) is 0 Å². The van der Waals surface area contributed by atoms with Gasteiger partial charge in [-0.25, -0.2) is 0 Å². The fraction of sp³-hybridized carbons (Fsp3) is 0.364. The van der Waals surface area contributed by atoms with Crippen LogP contribution in [0.1, 0.15) is 46.5 Å². The van der Waals surface area contributed by atoms with E-state index in [0.717, 1.165) is 12.8 Å². The Morgan fingerprint density at radius 3 is 2.47 bits per heavy atom. The third kappa shape index (κ3) is 2.42. The average Bonchev–Trinajstić information content (AvgIpc) is 2.22. The van der Waals surface area contributed by atoms with Crippen molar-refractivity contribution in [3.8, 4) is 0 Å². The smallest absolute Gasteiger partial charge is 0.181 e. The Morgan fingerprint density at radius 1 is 1.07 bits per heavy atom. The van der Waals surface area contributed by atoms with Crippen LogP contribution in [0.25, 0.3) is 0 Å². The van der Waals surface area contributed by atoms with Gasteiger partial charge in [0.1, 0.15) is 5.69 Å². The number of carbonyl (C=O) groups is 2. The standard InChI is InChI=1S/C11H11NO2.ClH/c13-9-5-1-2-6-10(14)11-8(9)4-3-7-12-11;/h3-4,7H,1-2,5-6H2;1H. The van der Waals surface area contributed by atoms with Gasteiger partial charge in [0.15, 0.2) is 11.6 Å². The number of carbonyl (C=O) groups excluding carboxylic acids is 2. The molecule has 0 atom stereocenters. The monoisotopic (exact) mass is 225 g/mol. The zero-order valence-electron chi connectivity index (χ0n) is 8.23. The molecule has 1 aromatic rings. The van der Waals surface area contributed by atoms with Gasteiger partial charge in [0, 0.05) is 24.6 Å². The second kappa shape index (κ2) is 5.03. The molecule has 0 saturated carbocycles. The molecule has 1 heterocycles. The molecule has 0 fully saturated rings. The lowest BCUT2D eigenvalue weighted by molar-refractivity contribution is 0.0925. The molecule has 4 heteroatoms. The Morgan fingerprint density at radius 2 is 1.73 bits per heavy atom. The third-order valence-electron chi connectivity index (χ3n) is 2.43. The van der Waals surface area contributed by atoms with E-state index in [9.17, 15) is 9.59 Å². The number of halogens is 1. The number of Topliss-reactive ketones (excluding diaryl/α,β-unsaturated/α-hetero) is 2. The van der Waals surface area contributed by atoms with Gasteiger partial charge in [0.2, 0.25) is 0 Å². The van der Waals surface area contributed by atoms with Crippen LogP contribution in [0, 0.1) is 0 Å². The van der Waals surface area contributed by atoms with E-state index in [1.54, 1.807) is 18.3 Å². The molecule has 2 rings (SSSR count). The van der Waals surface area contributed by atoms with Crippen molar-refractivity contribution in [1.82, 2.24) is 4.98 Å². The predicted molar refractivity (Wildman–Crippen MR) is 58.6 cm³/mol. The molecule has 0 aliphatic heterocycles. The molecular formula is C11H12ClNO2. The summed E-state index contributed by atoms with van der Waals surface area (Å²) >= 11 is 0. The summed E-state index contributed by atoms with van der Waals surface area (Å²) in [5.41, 5.74) is 0.856. The summed E-state index contributed by atoms with van der Waals surface area (Å²) < 4.78 is 0. The first-order chi connectivity index (χ1) is 6.79. The van der Waals surface area contributed by atoms with Crippen molar-refractivity contribution in [2.24, 2.45) is 0 Å². The van der Waals surface area contributed by atoms with Gasteiger partial charge < -0.3 is 0 Å². The molecule has 1 aromatic heterocycles. The van der Waals surface area contributed by atoms with Gasteiger partial charge in [-0.05, 0) is 25.0 Å². The van der Waals surface area contributed by atoms with Gasteiger partial charge in [-0.1, -0.05) is 0 Å². The Labute approximate surface area is 94.3 Å². The predicted octanol–water partition coefficient (Wildman–Crippen LogP) is 2.44. The van der Waals surface area contributed by atoms with Gasteiger partial charge in [0.05, 0.1) is 0 Å². The Hall–Kier alpha value is -1.22. The molecule has 0 radical (unpaired) electrons. The average molecular weight is 226 g/mol. The number of hydrogen-bond donors (Lipinski definition) is 0. The minimum atomic E-state index is -0.00588. The Bertz CT molecular complexity index is 353. The summed E-state index contributed by atoms with van der Waals surface area (Å²) in [6, 6.07) is 3.39. The lowest BCUT2D eigenvalue weighted by Gasteiger charge is -2.09. The van der Waals surface area contributed by atoms with E-state index in [1.807, 2.05) is 0 Å². The number of ketones is 2. The first-order valence-corrected chi connectivity index (χ1v) is 4.80. The summed E-state index contributed by atoms with van der Waals surface area (Å²) in [4.78, 5) is 27.2. The molecule has 0 unspecified atom stereocenters. The van der Waals surface area contributed by atoms with Crippen molar-refractivity contribution in [2.75, 3.05) is 0 Å². The number of fused-ring (bicyclic) bond motifs is 1.